The van der Waals surface area contributed by atoms with Gasteiger partial charge in [-0.25, -0.2) is 0 Å². The van der Waals surface area contributed by atoms with Crippen LogP contribution >= 0.6 is 12.2 Å². The van der Waals surface area contributed by atoms with E-state index in [2.05, 4.69) is 49.5 Å². The summed E-state index contributed by atoms with van der Waals surface area (Å²) in [5.41, 5.74) is 11.3. The zero-order valence-electron chi connectivity index (χ0n) is 12.6. The molecule has 0 aliphatic rings. The summed E-state index contributed by atoms with van der Waals surface area (Å²) in [7, 11) is 0. The first kappa shape index (κ1) is 15.5. The van der Waals surface area contributed by atoms with Crippen LogP contribution in [-0.4, -0.2) is 4.99 Å². The normalized spacial score (nSPS) is 10.4. The van der Waals surface area contributed by atoms with Crippen LogP contribution in [-0.2, 0) is 6.42 Å². The molecule has 0 unspecified atom stereocenters. The summed E-state index contributed by atoms with van der Waals surface area (Å²) in [4.78, 5) is 0.417. The van der Waals surface area contributed by atoms with Crippen LogP contribution in [0.5, 0.6) is 0 Å². The summed E-state index contributed by atoms with van der Waals surface area (Å²) in [5.74, 6) is 0. The Hall–Kier alpha value is -1.87. The highest BCUT2D eigenvalue weighted by Crippen LogP contribution is 2.25. The molecule has 0 aromatic heterocycles. The Morgan fingerprint density at radius 2 is 1.86 bits per heavy atom. The summed E-state index contributed by atoms with van der Waals surface area (Å²) in [5, 5.41) is 3.44. The average molecular weight is 298 g/mol. The molecule has 2 nitrogen and oxygen atoms in total. The molecule has 0 aliphatic heterocycles. The van der Waals surface area contributed by atoms with Crippen molar-refractivity contribution in [2.45, 2.75) is 33.1 Å². The molecule has 110 valence electrons. The number of hydrogen-bond donors (Lipinski definition) is 2. The van der Waals surface area contributed by atoms with Crippen LogP contribution in [0.4, 0.5) is 11.4 Å². The Kier molecular flexibility index (Phi) is 5.34. The Bertz CT molecular complexity index is 618. The van der Waals surface area contributed by atoms with Crippen LogP contribution in [0, 0.1) is 6.92 Å². The van der Waals surface area contributed by atoms with Crippen LogP contribution in [0.1, 0.15) is 36.5 Å². The van der Waals surface area contributed by atoms with E-state index in [4.69, 9.17) is 18.0 Å². The van der Waals surface area contributed by atoms with Crippen molar-refractivity contribution in [2.24, 2.45) is 5.73 Å². The largest absolute Gasteiger partial charge is 0.389 e. The molecule has 3 N–H and O–H groups in total. The molecule has 0 bridgehead atoms. The fourth-order valence-corrected chi connectivity index (χ4v) is 2.49. The van der Waals surface area contributed by atoms with Crippen molar-refractivity contribution in [1.29, 1.82) is 0 Å². The van der Waals surface area contributed by atoms with Gasteiger partial charge >= 0.3 is 0 Å². The summed E-state index contributed by atoms with van der Waals surface area (Å²) in [6, 6.07) is 14.6. The average Bonchev–Trinajstić information content (AvgIpc) is 2.48. The zero-order chi connectivity index (χ0) is 15.2. The number of benzene rings is 2. The third-order valence-electron chi connectivity index (χ3n) is 3.58. The van der Waals surface area contributed by atoms with E-state index in [0.717, 1.165) is 28.9 Å². The first-order valence-corrected chi connectivity index (χ1v) is 7.78. The molecular weight excluding hydrogens is 276 g/mol. The van der Waals surface area contributed by atoms with E-state index in [0.29, 0.717) is 4.99 Å². The van der Waals surface area contributed by atoms with Gasteiger partial charge in [-0.05, 0) is 49.1 Å². The zero-order valence-corrected chi connectivity index (χ0v) is 13.5. The number of rotatable bonds is 6. The lowest BCUT2D eigenvalue weighted by molar-refractivity contribution is 0.795. The molecule has 0 radical (unpaired) electrons. The van der Waals surface area contributed by atoms with Gasteiger partial charge < -0.3 is 11.1 Å². The molecule has 21 heavy (non-hydrogen) atoms. The second kappa shape index (κ2) is 7.23. The van der Waals surface area contributed by atoms with E-state index < -0.39 is 0 Å². The molecule has 0 saturated carbocycles. The highest BCUT2D eigenvalue weighted by Gasteiger charge is 2.08. The van der Waals surface area contributed by atoms with Crippen LogP contribution in [0.25, 0.3) is 0 Å². The van der Waals surface area contributed by atoms with Crippen LogP contribution in [0.3, 0.4) is 0 Å². The number of aryl methyl sites for hydroxylation is 2. The van der Waals surface area contributed by atoms with Gasteiger partial charge in [0.05, 0.1) is 5.69 Å². The van der Waals surface area contributed by atoms with Gasteiger partial charge in [-0.1, -0.05) is 49.8 Å². The minimum atomic E-state index is 0.417. The monoisotopic (exact) mass is 298 g/mol. The van der Waals surface area contributed by atoms with Crippen LogP contribution in [0.15, 0.2) is 42.5 Å². The molecule has 0 saturated heterocycles. The van der Waals surface area contributed by atoms with Gasteiger partial charge in [0.15, 0.2) is 0 Å². The van der Waals surface area contributed by atoms with Gasteiger partial charge in [0, 0.05) is 11.3 Å². The second-order valence-electron chi connectivity index (χ2n) is 5.29. The quantitative estimate of drug-likeness (QED) is 0.758. The fraction of sp³-hybridized carbons (Fsp3) is 0.278. The Morgan fingerprint density at radius 3 is 2.48 bits per heavy atom. The van der Waals surface area contributed by atoms with Crippen LogP contribution in [0.2, 0.25) is 0 Å². The number of nitrogens with two attached hydrogens (primary N) is 1. The third kappa shape index (κ3) is 4.05. The lowest BCUT2D eigenvalue weighted by Gasteiger charge is -2.14. The summed E-state index contributed by atoms with van der Waals surface area (Å²) in [6.07, 6.45) is 3.59. The maximum Gasteiger partial charge on any atom is 0.106 e. The summed E-state index contributed by atoms with van der Waals surface area (Å²) < 4.78 is 0. The minimum Gasteiger partial charge on any atom is -0.389 e. The van der Waals surface area contributed by atoms with Crippen molar-refractivity contribution < 1.29 is 0 Å². The number of unbranched alkanes of at least 4 members (excludes halogenated alkanes) is 1. The Morgan fingerprint density at radius 1 is 1.14 bits per heavy atom. The third-order valence-corrected chi connectivity index (χ3v) is 3.80. The van der Waals surface area contributed by atoms with Crippen molar-refractivity contribution >= 4 is 28.6 Å². The van der Waals surface area contributed by atoms with E-state index >= 15 is 0 Å². The van der Waals surface area contributed by atoms with E-state index in [1.54, 1.807) is 0 Å². The van der Waals surface area contributed by atoms with E-state index in [1.807, 2.05) is 12.1 Å². The minimum absolute atomic E-state index is 0.417. The number of para-hydroxylation sites is 1. The topological polar surface area (TPSA) is 38.0 Å². The molecule has 0 heterocycles. The number of anilines is 2. The lowest BCUT2D eigenvalue weighted by Crippen LogP contribution is -2.12. The lowest BCUT2D eigenvalue weighted by atomic mass is 10.1. The highest BCUT2D eigenvalue weighted by molar-refractivity contribution is 7.80. The summed E-state index contributed by atoms with van der Waals surface area (Å²) >= 11 is 5.13. The molecule has 2 aromatic rings. The fourth-order valence-electron chi connectivity index (χ4n) is 2.32. The first-order chi connectivity index (χ1) is 10.1. The van der Waals surface area contributed by atoms with Gasteiger partial charge in [-0.3, -0.25) is 0 Å². The van der Waals surface area contributed by atoms with Gasteiger partial charge in [0.25, 0.3) is 0 Å². The number of hydrogen-bond acceptors (Lipinski definition) is 2. The van der Waals surface area contributed by atoms with Gasteiger partial charge in [0.2, 0.25) is 0 Å². The molecule has 0 fully saturated rings. The molecule has 3 heteroatoms. The van der Waals surface area contributed by atoms with Gasteiger partial charge in [0.1, 0.15) is 4.99 Å². The van der Waals surface area contributed by atoms with E-state index in [-0.39, 0.29) is 0 Å². The van der Waals surface area contributed by atoms with Crippen molar-refractivity contribution in [3.8, 4) is 0 Å². The number of nitrogens with one attached hydrogen (secondary N) is 1. The highest BCUT2D eigenvalue weighted by atomic mass is 32.1. The van der Waals surface area contributed by atoms with Crippen LogP contribution < -0.4 is 11.1 Å². The maximum absolute atomic E-state index is 5.81. The predicted octanol–water partition coefficient (Wildman–Crippen LogP) is 4.72. The van der Waals surface area contributed by atoms with E-state index in [9.17, 15) is 0 Å². The molecule has 0 amide bonds. The number of thiocarbonyl (C=S) groups is 1. The molecule has 0 atom stereocenters. The van der Waals surface area contributed by atoms with E-state index in [1.165, 1.54) is 18.4 Å². The molecular formula is C18H22N2S. The maximum atomic E-state index is 5.81. The standard InChI is InChI=1S/C18H22N2S/c1-3-4-7-14-9-11-15(12-10-14)20-17-13(2)6-5-8-16(17)18(19)21/h5-6,8-12,20H,3-4,7H2,1-2H3,(H2,19,21). The van der Waals surface area contributed by atoms with Crippen molar-refractivity contribution in [2.75, 3.05) is 5.32 Å². The van der Waals surface area contributed by atoms with Crippen molar-refractivity contribution in [3.63, 3.8) is 0 Å². The second-order valence-corrected chi connectivity index (χ2v) is 5.73. The van der Waals surface area contributed by atoms with Crippen molar-refractivity contribution in [1.82, 2.24) is 0 Å². The Labute approximate surface area is 132 Å². The molecule has 0 aliphatic carbocycles. The Balaban J connectivity index is 2.20. The molecule has 0 spiro atoms. The van der Waals surface area contributed by atoms with Crippen molar-refractivity contribution in [3.05, 3.63) is 59.2 Å². The molecule has 2 aromatic carbocycles. The first-order valence-electron chi connectivity index (χ1n) is 7.37. The smallest absolute Gasteiger partial charge is 0.106 e. The SMILES string of the molecule is CCCCc1ccc(Nc2c(C)cccc2C(N)=S)cc1. The molecule has 2 rings (SSSR count). The van der Waals surface area contributed by atoms with Gasteiger partial charge in [-0.2, -0.15) is 0 Å². The van der Waals surface area contributed by atoms with Gasteiger partial charge in [-0.15, -0.1) is 0 Å². The summed E-state index contributed by atoms with van der Waals surface area (Å²) in [6.45, 7) is 4.27. The predicted molar refractivity (Wildman–Crippen MR) is 95.4 cm³/mol.